The van der Waals surface area contributed by atoms with Gasteiger partial charge in [-0.1, -0.05) is 18.9 Å². The molecule has 0 saturated carbocycles. The molecule has 4 rings (SSSR count). The number of benzene rings is 2. The van der Waals surface area contributed by atoms with Gasteiger partial charge in [-0.3, -0.25) is 23.2 Å². The van der Waals surface area contributed by atoms with Gasteiger partial charge in [0.25, 0.3) is 30.4 Å². The average molecular weight is 826 g/mol. The first-order chi connectivity index (χ1) is 25.5. The van der Waals surface area contributed by atoms with Crippen LogP contribution in [0.4, 0.5) is 11.4 Å². The quantitative estimate of drug-likeness (QED) is 0.0608. The highest BCUT2D eigenvalue weighted by Crippen LogP contribution is 2.51. The number of hydrogen-bond acceptors (Lipinski definition) is 9. The summed E-state index contributed by atoms with van der Waals surface area (Å²) in [5.74, 6) is -2.35. The van der Waals surface area contributed by atoms with Gasteiger partial charge in [0.2, 0.25) is 5.69 Å². The highest BCUT2D eigenvalue weighted by molar-refractivity contribution is 7.86. The van der Waals surface area contributed by atoms with Crippen LogP contribution in [0.2, 0.25) is 0 Å². The van der Waals surface area contributed by atoms with Crippen LogP contribution in [0.5, 0.6) is 0 Å². The Hall–Kier alpha value is -3.94. The van der Waals surface area contributed by atoms with Crippen LogP contribution in [0.15, 0.2) is 70.1 Å². The van der Waals surface area contributed by atoms with Crippen molar-refractivity contribution in [2.75, 3.05) is 23.7 Å². The van der Waals surface area contributed by atoms with Gasteiger partial charge in [-0.2, -0.15) is 29.8 Å². The molecular weight excluding hydrogens is 777 g/mol. The Balaban J connectivity index is 1.84. The van der Waals surface area contributed by atoms with Gasteiger partial charge in [-0.15, -0.1) is 0 Å². The molecule has 55 heavy (non-hydrogen) atoms. The molecule has 0 bridgehead atoms. The monoisotopic (exact) mass is 825 g/mol. The van der Waals surface area contributed by atoms with E-state index in [2.05, 4.69) is 0 Å². The summed E-state index contributed by atoms with van der Waals surface area (Å²) >= 11 is 0. The molecule has 0 fully saturated rings. The molecule has 0 radical (unpaired) electrons. The number of nitrogens with zero attached hydrogens (tertiary/aromatic N) is 2. The fourth-order valence-electron chi connectivity index (χ4n) is 7.54. The number of hydrogen-bond donors (Lipinski definition) is 5. The highest BCUT2D eigenvalue weighted by Gasteiger charge is 2.46. The van der Waals surface area contributed by atoms with Gasteiger partial charge < -0.3 is 15.1 Å². The molecule has 2 heterocycles. The fraction of sp³-hybridized carbons (Fsp3) is 0.486. The lowest BCUT2D eigenvalue weighted by molar-refractivity contribution is -0.438. The number of allylic oxidation sites excluding steroid dienone is 4. The Labute approximate surface area is 322 Å². The molecule has 0 saturated heterocycles. The van der Waals surface area contributed by atoms with Gasteiger partial charge in [0, 0.05) is 60.3 Å². The van der Waals surface area contributed by atoms with Crippen molar-refractivity contribution in [2.24, 2.45) is 0 Å². The molecule has 5 N–H and O–H groups in total. The first-order valence-corrected chi connectivity index (χ1v) is 22.4. The maximum absolute atomic E-state index is 12.3. The number of rotatable bonds is 20. The lowest BCUT2D eigenvalue weighted by Crippen LogP contribution is -2.30. The van der Waals surface area contributed by atoms with E-state index < -0.39 is 58.9 Å². The summed E-state index contributed by atoms with van der Waals surface area (Å²) in [6.45, 7) is 6.28. The molecule has 0 aliphatic carbocycles. The summed E-state index contributed by atoms with van der Waals surface area (Å²) in [6, 6.07) is 8.53. The van der Waals surface area contributed by atoms with Crippen molar-refractivity contribution in [2.45, 2.75) is 106 Å². The Morgan fingerprint density at radius 2 is 1.31 bits per heavy atom. The SMILES string of the molecule is CC1(C)C(C=CC=C2N(CCCS(=O)(=O)O)c3ccc(S(=O)(=O)O)cc3C2(C)CCCCCC(=O)O)=[N+](CCCCCC(=O)O)c2ccc(S(=O)(=O)O)cc21. The van der Waals surface area contributed by atoms with Crippen LogP contribution in [0.3, 0.4) is 0 Å². The maximum atomic E-state index is 12.3. The van der Waals surface area contributed by atoms with E-state index in [0.29, 0.717) is 79.7 Å². The Morgan fingerprint density at radius 1 is 0.745 bits per heavy atom. The predicted molar refractivity (Wildman–Crippen MR) is 205 cm³/mol. The van der Waals surface area contributed by atoms with Crippen molar-refractivity contribution in [1.29, 1.82) is 0 Å². The van der Waals surface area contributed by atoms with Crippen molar-refractivity contribution in [3.63, 3.8) is 0 Å². The number of anilines is 1. The van der Waals surface area contributed by atoms with E-state index >= 15 is 0 Å². The number of unbranched alkanes of at least 4 members (excludes halogenated alkanes) is 4. The van der Waals surface area contributed by atoms with Crippen molar-refractivity contribution in [1.82, 2.24) is 0 Å². The van der Waals surface area contributed by atoms with Crippen molar-refractivity contribution >= 4 is 59.4 Å². The van der Waals surface area contributed by atoms with Crippen molar-refractivity contribution in [3.05, 3.63) is 71.5 Å². The standard InChI is InChI=1S/C37H48N2O13S3/c1-36(2)28-24-26(54(47,48)49)16-18-30(28)38(21-9-5-7-15-35(42)43)32(36)12-10-13-33-37(3,20-8-4-6-14-34(40)41)29-25-27(55(50,51)52)17-19-31(29)39(33)22-11-23-53(44,45)46/h10,12-13,16-19,24-25H,4-9,11,14-15,20-23H2,1-3H3,(H4-,40,41,42,43,44,45,46,47,48,49,50,51,52)/p+1. The third kappa shape index (κ3) is 10.7. The molecule has 1 atom stereocenters. The van der Waals surface area contributed by atoms with Crippen LogP contribution >= 0.6 is 0 Å². The van der Waals surface area contributed by atoms with E-state index in [1.165, 1.54) is 30.3 Å². The van der Waals surface area contributed by atoms with Crippen LogP contribution in [-0.4, -0.2) is 90.2 Å². The molecule has 1 unspecified atom stereocenters. The topological polar surface area (TPSA) is 244 Å². The van der Waals surface area contributed by atoms with E-state index in [9.17, 15) is 48.5 Å². The van der Waals surface area contributed by atoms with Crippen LogP contribution in [0, 0.1) is 0 Å². The Bertz CT molecular complexity index is 2240. The third-order valence-electron chi connectivity index (χ3n) is 10.3. The number of carboxylic acid groups (broad SMARTS) is 2. The van der Waals surface area contributed by atoms with E-state index in [4.69, 9.17) is 10.2 Å². The normalized spacial score (nSPS) is 19.0. The minimum atomic E-state index is -4.61. The molecule has 15 nitrogen and oxygen atoms in total. The molecule has 0 spiro atoms. The summed E-state index contributed by atoms with van der Waals surface area (Å²) in [5.41, 5.74) is 2.21. The number of carbonyl (C=O) groups is 2. The summed E-state index contributed by atoms with van der Waals surface area (Å²) in [4.78, 5) is 23.5. The molecule has 18 heteroatoms. The minimum Gasteiger partial charge on any atom is -0.481 e. The molecule has 2 aliphatic heterocycles. The second-order valence-electron chi connectivity index (χ2n) is 14.7. The summed E-state index contributed by atoms with van der Waals surface area (Å²) in [5, 5.41) is 18.2. The summed E-state index contributed by atoms with van der Waals surface area (Å²) < 4.78 is 103. The van der Waals surface area contributed by atoms with Crippen LogP contribution in [0.1, 0.15) is 96.1 Å². The summed E-state index contributed by atoms with van der Waals surface area (Å²) in [6.07, 6.45) is 9.13. The molecular formula is C37H49N2O13S3+. The molecule has 2 aliphatic rings. The van der Waals surface area contributed by atoms with Gasteiger partial charge >= 0.3 is 11.9 Å². The van der Waals surface area contributed by atoms with Crippen molar-refractivity contribution in [3.8, 4) is 0 Å². The van der Waals surface area contributed by atoms with Gasteiger partial charge in [0.1, 0.15) is 6.54 Å². The van der Waals surface area contributed by atoms with E-state index in [1.807, 2.05) is 42.4 Å². The minimum absolute atomic E-state index is 0.0134. The van der Waals surface area contributed by atoms with E-state index in [1.54, 1.807) is 12.1 Å². The second kappa shape index (κ2) is 17.1. The zero-order valence-electron chi connectivity index (χ0n) is 31.0. The number of carboxylic acids is 2. The molecule has 2 aromatic rings. The van der Waals surface area contributed by atoms with Gasteiger partial charge in [0.05, 0.1) is 21.0 Å². The lowest BCUT2D eigenvalue weighted by Gasteiger charge is -2.30. The summed E-state index contributed by atoms with van der Waals surface area (Å²) in [7, 11) is -13.4. The Kier molecular flexibility index (Phi) is 13.6. The van der Waals surface area contributed by atoms with E-state index in [-0.39, 0.29) is 35.6 Å². The van der Waals surface area contributed by atoms with Crippen LogP contribution in [0.25, 0.3) is 0 Å². The van der Waals surface area contributed by atoms with Gasteiger partial charge in [-0.25, -0.2) is 0 Å². The largest absolute Gasteiger partial charge is 0.481 e. The molecule has 0 aromatic heterocycles. The third-order valence-corrected chi connectivity index (χ3v) is 12.8. The van der Waals surface area contributed by atoms with Crippen LogP contribution in [-0.2, 0) is 50.8 Å². The second-order valence-corrected chi connectivity index (χ2v) is 19.1. The number of fused-ring (bicyclic) bond motifs is 2. The smallest absolute Gasteiger partial charge is 0.303 e. The lowest BCUT2D eigenvalue weighted by atomic mass is 9.77. The van der Waals surface area contributed by atoms with Gasteiger partial charge in [-0.05, 0) is 94.8 Å². The fourth-order valence-corrected chi connectivity index (χ4v) is 9.05. The van der Waals surface area contributed by atoms with E-state index in [0.717, 1.165) is 5.71 Å². The zero-order chi connectivity index (χ0) is 41.0. The maximum Gasteiger partial charge on any atom is 0.303 e. The highest BCUT2D eigenvalue weighted by atomic mass is 32.2. The predicted octanol–water partition coefficient (Wildman–Crippen LogP) is 5.73. The van der Waals surface area contributed by atoms with Crippen molar-refractivity contribution < 1.29 is 63.3 Å². The molecule has 0 amide bonds. The van der Waals surface area contributed by atoms with Crippen LogP contribution < -0.4 is 4.90 Å². The number of aliphatic carboxylic acids is 2. The zero-order valence-corrected chi connectivity index (χ0v) is 33.5. The van der Waals surface area contributed by atoms with Gasteiger partial charge in [0.15, 0.2) is 5.71 Å². The molecule has 2 aromatic carbocycles. The molecule has 302 valence electrons. The Morgan fingerprint density at radius 3 is 1.87 bits per heavy atom. The average Bonchev–Trinajstić information content (AvgIpc) is 3.42. The first-order valence-electron chi connectivity index (χ1n) is 17.9. The first kappa shape index (κ1) is 43.8.